The van der Waals surface area contributed by atoms with Crippen molar-refractivity contribution in [1.29, 1.82) is 0 Å². The highest BCUT2D eigenvalue weighted by Crippen LogP contribution is 2.30. The average molecular weight is 180 g/mol. The highest BCUT2D eigenvalue weighted by molar-refractivity contribution is 7.99. The average Bonchev–Trinajstić information content (AvgIpc) is 2.29. The molecule has 1 aromatic heterocycles. The van der Waals surface area contributed by atoms with Crippen LogP contribution in [-0.4, -0.2) is 17.3 Å². The van der Waals surface area contributed by atoms with Gasteiger partial charge in [-0.15, -0.1) is 11.8 Å². The van der Waals surface area contributed by atoms with Crippen LogP contribution in [0.25, 0.3) is 0 Å². The number of thioether (sulfide) groups is 1. The molecule has 0 saturated carbocycles. The zero-order valence-corrected chi connectivity index (χ0v) is 7.90. The third-order valence-corrected chi connectivity index (χ3v) is 3.35. The summed E-state index contributed by atoms with van der Waals surface area (Å²) in [5.74, 6) is 1.94. The Morgan fingerprint density at radius 3 is 3.50 bits per heavy atom. The van der Waals surface area contributed by atoms with E-state index >= 15 is 0 Å². The molecular weight excluding hydrogens is 168 g/mol. The number of fused-ring (bicyclic) bond motifs is 1. The zero-order valence-electron chi connectivity index (χ0n) is 7.08. The molecule has 1 aliphatic rings. The smallest absolute Gasteiger partial charge is 0.0664 e. The van der Waals surface area contributed by atoms with Crippen LogP contribution in [0.2, 0.25) is 0 Å². The lowest BCUT2D eigenvalue weighted by Gasteiger charge is -2.06. The fourth-order valence-corrected chi connectivity index (χ4v) is 2.23. The molecule has 2 heterocycles. The van der Waals surface area contributed by atoms with E-state index in [9.17, 15) is 0 Å². The first-order chi connectivity index (χ1) is 5.86. The molecule has 0 bridgehead atoms. The van der Waals surface area contributed by atoms with E-state index in [0.717, 1.165) is 12.5 Å². The second kappa shape index (κ2) is 3.35. The van der Waals surface area contributed by atoms with E-state index in [4.69, 9.17) is 0 Å². The first-order valence-electron chi connectivity index (χ1n) is 4.17. The van der Waals surface area contributed by atoms with Gasteiger partial charge in [0.05, 0.1) is 11.9 Å². The Hall–Kier alpha value is -0.700. The van der Waals surface area contributed by atoms with E-state index in [0.29, 0.717) is 0 Å². The van der Waals surface area contributed by atoms with Gasteiger partial charge in [-0.05, 0) is 12.0 Å². The molecule has 1 aliphatic heterocycles. The van der Waals surface area contributed by atoms with Crippen molar-refractivity contribution in [2.45, 2.75) is 11.8 Å². The van der Waals surface area contributed by atoms with Crippen molar-refractivity contribution < 1.29 is 0 Å². The quantitative estimate of drug-likeness (QED) is 0.662. The highest BCUT2D eigenvalue weighted by Gasteiger charge is 2.11. The minimum atomic E-state index is 0.738. The number of nitrogens with one attached hydrogen (secondary N) is 1. The fourth-order valence-electron chi connectivity index (χ4n) is 1.22. The predicted octanol–water partition coefficient (Wildman–Crippen LogP) is 2.24. The maximum absolute atomic E-state index is 4.09. The van der Waals surface area contributed by atoms with Gasteiger partial charge < -0.3 is 5.32 Å². The topological polar surface area (TPSA) is 24.9 Å². The highest BCUT2D eigenvalue weighted by atomic mass is 32.2. The maximum atomic E-state index is 4.09. The van der Waals surface area contributed by atoms with E-state index in [1.54, 1.807) is 0 Å². The molecule has 0 spiro atoms. The third kappa shape index (κ3) is 1.55. The summed E-state index contributed by atoms with van der Waals surface area (Å²) >= 11 is 1.92. The number of nitrogens with zero attached hydrogens (tertiary/aromatic N) is 1. The Bertz CT molecular complexity index is 248. The summed E-state index contributed by atoms with van der Waals surface area (Å²) in [7, 11) is 0. The minimum Gasteiger partial charge on any atom is -0.383 e. The van der Waals surface area contributed by atoms with Crippen LogP contribution in [0.15, 0.2) is 23.4 Å². The molecule has 0 aliphatic carbocycles. The first kappa shape index (κ1) is 7.92. The first-order valence-corrected chi connectivity index (χ1v) is 5.15. The summed E-state index contributed by atoms with van der Waals surface area (Å²) in [6.45, 7) is 3.32. The van der Waals surface area contributed by atoms with Crippen LogP contribution in [0, 0.1) is 5.92 Å². The van der Waals surface area contributed by atoms with Crippen LogP contribution < -0.4 is 5.32 Å². The number of hydrogen-bond donors (Lipinski definition) is 1. The van der Waals surface area contributed by atoms with Crippen molar-refractivity contribution in [3.05, 3.63) is 18.5 Å². The summed E-state index contributed by atoms with van der Waals surface area (Å²) < 4.78 is 0. The molecule has 64 valence electrons. The van der Waals surface area contributed by atoms with Gasteiger partial charge in [-0.25, -0.2) is 0 Å². The molecule has 2 nitrogen and oxygen atoms in total. The number of anilines is 1. The maximum Gasteiger partial charge on any atom is 0.0664 e. The van der Waals surface area contributed by atoms with E-state index in [-0.39, 0.29) is 0 Å². The Morgan fingerprint density at radius 1 is 1.67 bits per heavy atom. The van der Waals surface area contributed by atoms with Crippen LogP contribution in [0.1, 0.15) is 6.92 Å². The zero-order chi connectivity index (χ0) is 8.39. The van der Waals surface area contributed by atoms with E-state index in [2.05, 4.69) is 23.3 Å². The normalized spacial score (nSPS) is 22.2. The summed E-state index contributed by atoms with van der Waals surface area (Å²) in [4.78, 5) is 5.42. The second-order valence-electron chi connectivity index (χ2n) is 3.17. The van der Waals surface area contributed by atoms with Gasteiger partial charge in [-0.1, -0.05) is 6.92 Å². The lowest BCUT2D eigenvalue weighted by atomic mass is 10.2. The second-order valence-corrected chi connectivity index (χ2v) is 4.23. The molecule has 3 heteroatoms. The molecule has 1 atom stereocenters. The number of pyridine rings is 1. The summed E-state index contributed by atoms with van der Waals surface area (Å²) in [6.07, 6.45) is 3.75. The van der Waals surface area contributed by atoms with E-state index in [1.165, 1.54) is 16.3 Å². The molecular formula is C9H12N2S. The van der Waals surface area contributed by atoms with Crippen LogP contribution in [0.3, 0.4) is 0 Å². The molecule has 1 unspecified atom stereocenters. The monoisotopic (exact) mass is 180 g/mol. The van der Waals surface area contributed by atoms with Gasteiger partial charge in [0.1, 0.15) is 0 Å². The van der Waals surface area contributed by atoms with Crippen LogP contribution in [0.4, 0.5) is 5.69 Å². The van der Waals surface area contributed by atoms with Crippen molar-refractivity contribution in [2.75, 3.05) is 17.6 Å². The summed E-state index contributed by atoms with van der Waals surface area (Å²) in [5, 5.41) is 3.39. The van der Waals surface area contributed by atoms with Gasteiger partial charge in [0.15, 0.2) is 0 Å². The molecule has 1 N–H and O–H groups in total. The molecule has 0 radical (unpaired) electrons. The van der Waals surface area contributed by atoms with Crippen LogP contribution >= 0.6 is 11.8 Å². The lowest BCUT2D eigenvalue weighted by Crippen LogP contribution is -2.10. The lowest BCUT2D eigenvalue weighted by molar-refractivity contribution is 0.704. The number of rotatable bonds is 0. The van der Waals surface area contributed by atoms with Crippen molar-refractivity contribution in [3.63, 3.8) is 0 Å². The summed E-state index contributed by atoms with van der Waals surface area (Å²) in [5.41, 5.74) is 1.19. The molecule has 0 saturated heterocycles. The van der Waals surface area contributed by atoms with Gasteiger partial charge in [-0.2, -0.15) is 0 Å². The SMILES string of the molecule is CC1CNc2cnccc2SC1. The van der Waals surface area contributed by atoms with Crippen molar-refractivity contribution in [1.82, 2.24) is 4.98 Å². The molecule has 2 rings (SSSR count). The minimum absolute atomic E-state index is 0.738. The van der Waals surface area contributed by atoms with Gasteiger partial charge in [-0.3, -0.25) is 4.98 Å². The fraction of sp³-hybridized carbons (Fsp3) is 0.444. The Morgan fingerprint density at radius 2 is 2.58 bits per heavy atom. The van der Waals surface area contributed by atoms with Crippen LogP contribution in [0.5, 0.6) is 0 Å². The Kier molecular flexibility index (Phi) is 2.21. The Balaban J connectivity index is 2.26. The molecule has 0 aromatic carbocycles. The number of aromatic nitrogens is 1. The van der Waals surface area contributed by atoms with Crippen molar-refractivity contribution in [2.24, 2.45) is 5.92 Å². The third-order valence-electron chi connectivity index (χ3n) is 1.95. The van der Waals surface area contributed by atoms with E-state index < -0.39 is 0 Å². The standard InChI is InChI=1S/C9H12N2S/c1-7-4-11-8-5-10-3-2-9(8)12-6-7/h2-3,5,7,11H,4,6H2,1H3. The Labute approximate surface area is 76.8 Å². The van der Waals surface area contributed by atoms with Crippen LogP contribution in [-0.2, 0) is 0 Å². The van der Waals surface area contributed by atoms with E-state index in [1.807, 2.05) is 24.2 Å². The molecule has 1 aromatic rings. The molecule has 0 amide bonds. The van der Waals surface area contributed by atoms with Gasteiger partial charge in [0.2, 0.25) is 0 Å². The van der Waals surface area contributed by atoms with Crippen molar-refractivity contribution in [3.8, 4) is 0 Å². The van der Waals surface area contributed by atoms with Gasteiger partial charge >= 0.3 is 0 Å². The predicted molar refractivity (Wildman–Crippen MR) is 52.6 cm³/mol. The van der Waals surface area contributed by atoms with Crippen molar-refractivity contribution >= 4 is 17.4 Å². The summed E-state index contributed by atoms with van der Waals surface area (Å²) in [6, 6.07) is 2.07. The number of hydrogen-bond acceptors (Lipinski definition) is 3. The molecule has 12 heavy (non-hydrogen) atoms. The van der Waals surface area contributed by atoms with Gasteiger partial charge in [0, 0.05) is 23.4 Å². The van der Waals surface area contributed by atoms with Gasteiger partial charge in [0.25, 0.3) is 0 Å². The molecule has 0 fully saturated rings. The largest absolute Gasteiger partial charge is 0.383 e.